The maximum absolute atomic E-state index is 12.5. The molecule has 0 aliphatic carbocycles. The summed E-state index contributed by atoms with van der Waals surface area (Å²) in [6.45, 7) is -0.818. The molecule has 0 heterocycles. The number of anilines is 2. The molecule has 0 unspecified atom stereocenters. The van der Waals surface area contributed by atoms with Gasteiger partial charge >= 0.3 is 6.18 Å². The van der Waals surface area contributed by atoms with E-state index in [1.54, 1.807) is 36.4 Å². The number of nitrogens with zero attached hydrogens (tertiary/aromatic N) is 2. The summed E-state index contributed by atoms with van der Waals surface area (Å²) in [7, 11) is 1.42. The Kier molecular flexibility index (Phi) is 8.08. The van der Waals surface area contributed by atoms with Crippen molar-refractivity contribution in [2.24, 2.45) is 4.99 Å². The molecular formula is C24H22ClF3N4O. The van der Waals surface area contributed by atoms with Crippen molar-refractivity contribution >= 4 is 40.9 Å². The van der Waals surface area contributed by atoms with Gasteiger partial charge in [-0.2, -0.15) is 13.2 Å². The van der Waals surface area contributed by atoms with E-state index in [0.717, 1.165) is 11.3 Å². The molecule has 172 valence electrons. The number of benzene rings is 3. The first-order chi connectivity index (χ1) is 15.7. The quantitative estimate of drug-likeness (QED) is 0.238. The summed E-state index contributed by atoms with van der Waals surface area (Å²) in [5.41, 5.74) is 2.94. The van der Waals surface area contributed by atoms with Crippen molar-refractivity contribution in [1.82, 2.24) is 4.90 Å². The summed E-state index contributed by atoms with van der Waals surface area (Å²) in [6.07, 6.45) is -3.57. The Hall–Kier alpha value is -3.36. The summed E-state index contributed by atoms with van der Waals surface area (Å²) in [5, 5.41) is 6.75. The molecule has 3 aromatic rings. The van der Waals surface area contributed by atoms with Crippen molar-refractivity contribution in [3.63, 3.8) is 0 Å². The van der Waals surface area contributed by atoms with Gasteiger partial charge in [0.2, 0.25) is 5.96 Å². The van der Waals surface area contributed by atoms with Crippen LogP contribution in [-0.2, 0) is 6.54 Å². The average molecular weight is 475 g/mol. The smallest absolute Gasteiger partial charge is 0.326 e. The van der Waals surface area contributed by atoms with Crippen LogP contribution in [0, 0.1) is 0 Å². The summed E-state index contributed by atoms with van der Waals surface area (Å²) in [5.74, 6) is 0.355. The van der Waals surface area contributed by atoms with Crippen LogP contribution in [0.1, 0.15) is 15.9 Å². The van der Waals surface area contributed by atoms with E-state index >= 15 is 0 Å². The monoisotopic (exact) mass is 474 g/mol. The Balaban J connectivity index is 1.81. The van der Waals surface area contributed by atoms with Gasteiger partial charge in [-0.1, -0.05) is 41.9 Å². The molecule has 0 aliphatic rings. The van der Waals surface area contributed by atoms with Gasteiger partial charge < -0.3 is 10.6 Å². The number of nitrogens with one attached hydrogen (secondary N) is 2. The van der Waals surface area contributed by atoms with E-state index < -0.39 is 12.7 Å². The minimum atomic E-state index is -4.24. The highest BCUT2D eigenvalue weighted by atomic mass is 35.5. The molecule has 0 amide bonds. The van der Waals surface area contributed by atoms with Crippen molar-refractivity contribution in [2.75, 3.05) is 24.2 Å². The zero-order valence-corrected chi connectivity index (χ0v) is 18.5. The van der Waals surface area contributed by atoms with Gasteiger partial charge in [-0.05, 0) is 55.1 Å². The molecule has 0 aromatic heterocycles. The number of guanidine groups is 1. The van der Waals surface area contributed by atoms with Crippen molar-refractivity contribution in [1.29, 1.82) is 0 Å². The van der Waals surface area contributed by atoms with E-state index in [2.05, 4.69) is 15.6 Å². The third-order valence-electron chi connectivity index (χ3n) is 4.50. The Morgan fingerprint density at radius 2 is 1.64 bits per heavy atom. The van der Waals surface area contributed by atoms with Crippen LogP contribution in [0.5, 0.6) is 0 Å². The number of aldehydes is 1. The van der Waals surface area contributed by atoms with Gasteiger partial charge in [-0.3, -0.25) is 9.69 Å². The van der Waals surface area contributed by atoms with Gasteiger partial charge in [0.1, 0.15) is 0 Å². The summed E-state index contributed by atoms with van der Waals surface area (Å²) in [4.78, 5) is 17.2. The van der Waals surface area contributed by atoms with Gasteiger partial charge in [0.05, 0.1) is 12.2 Å². The molecule has 0 bridgehead atoms. The predicted octanol–water partition coefficient (Wildman–Crippen LogP) is 6.36. The van der Waals surface area contributed by atoms with Crippen LogP contribution in [0.4, 0.5) is 30.2 Å². The van der Waals surface area contributed by atoms with E-state index in [0.29, 0.717) is 34.2 Å². The van der Waals surface area contributed by atoms with E-state index in [1.807, 2.05) is 30.3 Å². The lowest BCUT2D eigenvalue weighted by atomic mass is 10.2. The Bertz CT molecular complexity index is 1100. The highest BCUT2D eigenvalue weighted by Gasteiger charge is 2.29. The number of carbonyl (C=O) groups excluding carboxylic acids is 1. The first-order valence-corrected chi connectivity index (χ1v) is 10.4. The topological polar surface area (TPSA) is 56.7 Å². The molecular weight excluding hydrogens is 453 g/mol. The molecule has 33 heavy (non-hydrogen) atoms. The molecule has 5 nitrogen and oxygen atoms in total. The fraction of sp³-hybridized carbons (Fsp3) is 0.167. The third kappa shape index (κ3) is 7.93. The largest absolute Gasteiger partial charge is 0.401 e. The number of carbonyl (C=O) groups is 1. The zero-order valence-electron chi connectivity index (χ0n) is 17.7. The van der Waals surface area contributed by atoms with Crippen LogP contribution in [0.25, 0.3) is 0 Å². The molecule has 0 fully saturated rings. The number of halogens is 4. The van der Waals surface area contributed by atoms with Gasteiger partial charge in [0.15, 0.2) is 6.29 Å². The lowest BCUT2D eigenvalue weighted by Gasteiger charge is -2.19. The second-order valence-electron chi connectivity index (χ2n) is 7.38. The minimum absolute atomic E-state index is 0.163. The van der Waals surface area contributed by atoms with E-state index in [9.17, 15) is 18.0 Å². The number of alkyl halides is 3. The van der Waals surface area contributed by atoms with Gasteiger partial charge in [0.25, 0.3) is 0 Å². The number of hydrogen-bond acceptors (Lipinski definition) is 3. The molecule has 9 heteroatoms. The minimum Gasteiger partial charge on any atom is -0.326 e. The first-order valence-electron chi connectivity index (χ1n) is 9.98. The second-order valence-corrected chi connectivity index (χ2v) is 7.82. The van der Waals surface area contributed by atoms with E-state index in [1.165, 1.54) is 18.0 Å². The Morgan fingerprint density at radius 3 is 2.24 bits per heavy atom. The van der Waals surface area contributed by atoms with Crippen molar-refractivity contribution in [3.05, 3.63) is 88.9 Å². The summed E-state index contributed by atoms with van der Waals surface area (Å²) in [6, 6.07) is 21.1. The van der Waals surface area contributed by atoms with Crippen LogP contribution < -0.4 is 10.6 Å². The highest BCUT2D eigenvalue weighted by Crippen LogP contribution is 2.23. The number of hydrogen-bond donors (Lipinski definition) is 2. The second kappa shape index (κ2) is 11.0. The van der Waals surface area contributed by atoms with Gasteiger partial charge in [-0.25, -0.2) is 4.99 Å². The fourth-order valence-corrected chi connectivity index (χ4v) is 3.27. The molecule has 0 saturated heterocycles. The summed E-state index contributed by atoms with van der Waals surface area (Å²) >= 11 is 5.97. The van der Waals surface area contributed by atoms with Crippen LogP contribution in [0.15, 0.2) is 77.8 Å². The standard InChI is InChI=1S/C24H22ClF3N4O/c1-32(16-24(26,27)28)14-17-7-10-21(11-8-17)30-23(29-20-5-3-2-4-6-20)31-22-12-9-19(25)13-18(22)15-33/h2-13,15H,14,16H2,1H3,(H2,29,30,31). The molecule has 2 N–H and O–H groups in total. The molecule has 0 saturated carbocycles. The molecule has 3 aromatic carbocycles. The molecule has 0 atom stereocenters. The Morgan fingerprint density at radius 1 is 1.00 bits per heavy atom. The molecule has 3 rings (SSSR count). The van der Waals surface area contributed by atoms with E-state index in [-0.39, 0.29) is 6.54 Å². The maximum atomic E-state index is 12.5. The van der Waals surface area contributed by atoms with Crippen LogP contribution >= 0.6 is 11.6 Å². The lowest BCUT2D eigenvalue weighted by Crippen LogP contribution is -2.30. The van der Waals surface area contributed by atoms with Crippen molar-refractivity contribution in [2.45, 2.75) is 12.7 Å². The normalized spacial score (nSPS) is 12.0. The summed E-state index contributed by atoms with van der Waals surface area (Å²) < 4.78 is 37.6. The van der Waals surface area contributed by atoms with Crippen LogP contribution in [-0.4, -0.2) is 36.9 Å². The Labute approximate surface area is 194 Å². The zero-order chi connectivity index (χ0) is 23.8. The molecule has 0 radical (unpaired) electrons. The van der Waals surface area contributed by atoms with Crippen LogP contribution in [0.3, 0.4) is 0 Å². The third-order valence-corrected chi connectivity index (χ3v) is 4.74. The lowest BCUT2D eigenvalue weighted by molar-refractivity contribution is -0.144. The predicted molar refractivity (Wildman–Crippen MR) is 126 cm³/mol. The average Bonchev–Trinajstić information content (AvgIpc) is 2.75. The van der Waals surface area contributed by atoms with Gasteiger partial charge in [-0.15, -0.1) is 0 Å². The number of rotatable bonds is 7. The SMILES string of the molecule is CN(Cc1ccc(N/C(=N/c2ccc(Cl)cc2C=O)Nc2ccccc2)cc1)CC(F)(F)F. The number of aliphatic imine (C=N–C) groups is 1. The van der Waals surface area contributed by atoms with Gasteiger partial charge in [0, 0.05) is 28.5 Å². The van der Waals surface area contributed by atoms with Crippen molar-refractivity contribution < 1.29 is 18.0 Å². The van der Waals surface area contributed by atoms with Crippen molar-refractivity contribution in [3.8, 4) is 0 Å². The first kappa shape index (κ1) is 24.3. The molecule has 0 spiro atoms. The maximum Gasteiger partial charge on any atom is 0.401 e. The highest BCUT2D eigenvalue weighted by molar-refractivity contribution is 6.31. The van der Waals surface area contributed by atoms with E-state index in [4.69, 9.17) is 11.6 Å². The fourth-order valence-electron chi connectivity index (χ4n) is 3.09. The van der Waals surface area contributed by atoms with Crippen LogP contribution in [0.2, 0.25) is 5.02 Å². The molecule has 0 aliphatic heterocycles. The number of para-hydroxylation sites is 1.